The average molecular weight is 336 g/mol. The Hall–Kier alpha value is -1.34. The van der Waals surface area contributed by atoms with Crippen LogP contribution in [-0.4, -0.2) is 38.9 Å². The van der Waals surface area contributed by atoms with Crippen molar-refractivity contribution in [1.29, 1.82) is 0 Å². The first-order chi connectivity index (χ1) is 10.9. The van der Waals surface area contributed by atoms with Crippen LogP contribution in [0, 0.1) is 0 Å². The van der Waals surface area contributed by atoms with E-state index in [0.29, 0.717) is 26.4 Å². The molecule has 22 heavy (non-hydrogen) atoms. The second kappa shape index (κ2) is 11.3. The summed E-state index contributed by atoms with van der Waals surface area (Å²) in [4.78, 5) is 11.1. The minimum atomic E-state index is 0.529. The number of hydrogen-bond acceptors (Lipinski definition) is 6. The zero-order valence-electron chi connectivity index (χ0n) is 12.4. The van der Waals surface area contributed by atoms with Gasteiger partial charge in [0.25, 0.3) is 0 Å². The van der Waals surface area contributed by atoms with Crippen LogP contribution in [0.4, 0.5) is 0 Å². The summed E-state index contributed by atoms with van der Waals surface area (Å²) in [5.41, 5.74) is 0. The summed E-state index contributed by atoms with van der Waals surface area (Å²) in [6, 6.07) is 8.23. The average Bonchev–Trinajstić information content (AvgIpc) is 3.21. The van der Waals surface area contributed by atoms with Crippen molar-refractivity contribution in [1.82, 2.24) is 0 Å². The third kappa shape index (κ3) is 7.61. The maximum atomic E-state index is 5.40. The molecule has 0 aliphatic carbocycles. The first kappa shape index (κ1) is 17.0. The molecule has 0 radical (unpaired) electrons. The highest BCUT2D eigenvalue weighted by atomic mass is 32.1. The zero-order valence-corrected chi connectivity index (χ0v) is 14.0. The standard InChI is InChI=1S/C16H20N2O2S2/c1-3-15(21-11-1)13-17-5-7-19-9-10-20-8-6-18-14-16-4-2-12-22-16/h1-6,11-12H,7-10,13-14H2. The predicted molar refractivity (Wildman–Crippen MR) is 94.7 cm³/mol. The van der Waals surface area contributed by atoms with Crippen LogP contribution in [0.15, 0.2) is 45.0 Å². The Labute approximate surface area is 139 Å². The van der Waals surface area contributed by atoms with Gasteiger partial charge in [0.2, 0.25) is 0 Å². The number of nitrogens with zero attached hydrogens (tertiary/aromatic N) is 2. The minimum absolute atomic E-state index is 0.529. The van der Waals surface area contributed by atoms with Crippen molar-refractivity contribution in [3.63, 3.8) is 0 Å². The molecule has 0 fully saturated rings. The van der Waals surface area contributed by atoms with Crippen molar-refractivity contribution >= 4 is 35.1 Å². The first-order valence-corrected chi connectivity index (χ1v) is 8.88. The number of rotatable bonds is 11. The molecule has 0 saturated heterocycles. The first-order valence-electron chi connectivity index (χ1n) is 7.12. The van der Waals surface area contributed by atoms with Gasteiger partial charge in [0.15, 0.2) is 0 Å². The van der Waals surface area contributed by atoms with E-state index in [0.717, 1.165) is 13.1 Å². The topological polar surface area (TPSA) is 43.2 Å². The lowest BCUT2D eigenvalue weighted by molar-refractivity contribution is 0.0809. The molecule has 0 saturated carbocycles. The molecule has 0 N–H and O–H groups in total. The maximum absolute atomic E-state index is 5.40. The highest BCUT2D eigenvalue weighted by Gasteiger charge is 1.91. The quantitative estimate of drug-likeness (QED) is 0.464. The van der Waals surface area contributed by atoms with Gasteiger partial charge in [0.05, 0.1) is 39.5 Å². The van der Waals surface area contributed by atoms with E-state index in [1.54, 1.807) is 22.7 Å². The molecule has 0 unspecified atom stereocenters. The number of hydrogen-bond donors (Lipinski definition) is 0. The third-order valence-electron chi connectivity index (χ3n) is 2.67. The van der Waals surface area contributed by atoms with Gasteiger partial charge in [0.1, 0.15) is 0 Å². The van der Waals surface area contributed by atoms with E-state index in [1.807, 2.05) is 24.6 Å². The van der Waals surface area contributed by atoms with Crippen LogP contribution in [0.1, 0.15) is 9.75 Å². The van der Waals surface area contributed by atoms with Crippen LogP contribution in [0.5, 0.6) is 0 Å². The fourth-order valence-corrected chi connectivity index (χ4v) is 2.89. The summed E-state index contributed by atoms with van der Waals surface area (Å²) in [6.45, 7) is 3.67. The van der Waals surface area contributed by atoms with E-state index < -0.39 is 0 Å². The van der Waals surface area contributed by atoms with Gasteiger partial charge in [-0.1, -0.05) is 12.1 Å². The largest absolute Gasteiger partial charge is 0.373 e. The summed E-state index contributed by atoms with van der Waals surface area (Å²) in [7, 11) is 0. The molecular weight excluding hydrogens is 316 g/mol. The molecule has 4 nitrogen and oxygen atoms in total. The van der Waals surface area contributed by atoms with Crippen LogP contribution in [0.3, 0.4) is 0 Å². The second-order valence-corrected chi connectivity index (χ2v) is 6.42. The molecule has 0 aromatic carbocycles. The zero-order chi connectivity index (χ0) is 15.3. The lowest BCUT2D eigenvalue weighted by Gasteiger charge is -2.01. The van der Waals surface area contributed by atoms with Gasteiger partial charge >= 0.3 is 0 Å². The molecule has 0 bridgehead atoms. The molecule has 6 heteroatoms. The number of aliphatic imine (C=N–C) groups is 2. The molecule has 2 heterocycles. The van der Waals surface area contributed by atoms with Gasteiger partial charge in [-0.15, -0.1) is 22.7 Å². The smallest absolute Gasteiger partial charge is 0.0815 e. The van der Waals surface area contributed by atoms with Crippen LogP contribution in [0.25, 0.3) is 0 Å². The molecule has 0 spiro atoms. The van der Waals surface area contributed by atoms with Crippen molar-refractivity contribution in [2.75, 3.05) is 26.4 Å². The molecule has 2 rings (SSSR count). The van der Waals surface area contributed by atoms with E-state index in [4.69, 9.17) is 9.47 Å². The van der Waals surface area contributed by atoms with Crippen LogP contribution < -0.4 is 0 Å². The van der Waals surface area contributed by atoms with Crippen LogP contribution in [0.2, 0.25) is 0 Å². The molecule has 2 aromatic heterocycles. The molecule has 118 valence electrons. The summed E-state index contributed by atoms with van der Waals surface area (Å²) >= 11 is 3.43. The van der Waals surface area contributed by atoms with E-state index in [-0.39, 0.29) is 0 Å². The predicted octanol–water partition coefficient (Wildman–Crippen LogP) is 3.68. The molecule has 2 aromatic rings. The normalized spacial score (nSPS) is 11.8. The van der Waals surface area contributed by atoms with Gasteiger partial charge in [0, 0.05) is 22.2 Å². The van der Waals surface area contributed by atoms with Gasteiger partial charge in [-0.3, -0.25) is 9.98 Å². The van der Waals surface area contributed by atoms with Gasteiger partial charge in [-0.25, -0.2) is 0 Å². The molecule has 0 amide bonds. The van der Waals surface area contributed by atoms with Crippen LogP contribution in [-0.2, 0) is 22.6 Å². The Morgan fingerprint density at radius 3 is 1.73 bits per heavy atom. The van der Waals surface area contributed by atoms with Crippen molar-refractivity contribution < 1.29 is 9.47 Å². The fraction of sp³-hybridized carbons (Fsp3) is 0.375. The Kier molecular flexibility index (Phi) is 8.71. The summed E-state index contributed by atoms with van der Waals surface area (Å²) < 4.78 is 10.8. The van der Waals surface area contributed by atoms with Gasteiger partial charge < -0.3 is 9.47 Å². The molecule has 0 aliphatic heterocycles. The van der Waals surface area contributed by atoms with E-state index in [9.17, 15) is 0 Å². The van der Waals surface area contributed by atoms with Gasteiger partial charge in [-0.2, -0.15) is 0 Å². The number of ether oxygens (including phenoxy) is 2. The third-order valence-corrected chi connectivity index (χ3v) is 4.39. The molecule has 0 aliphatic rings. The summed E-state index contributed by atoms with van der Waals surface area (Å²) in [5.74, 6) is 0. The second-order valence-electron chi connectivity index (χ2n) is 4.36. The van der Waals surface area contributed by atoms with Gasteiger partial charge in [-0.05, 0) is 22.9 Å². The SMILES string of the molecule is C(COCCOCC=NCc1cccs1)=NCc1cccs1. The Morgan fingerprint density at radius 1 is 0.818 bits per heavy atom. The number of thiophene rings is 2. The maximum Gasteiger partial charge on any atom is 0.0815 e. The Balaban J connectivity index is 1.38. The lowest BCUT2D eigenvalue weighted by atomic mass is 10.5. The monoisotopic (exact) mass is 336 g/mol. The Morgan fingerprint density at radius 2 is 1.32 bits per heavy atom. The van der Waals surface area contributed by atoms with Crippen molar-refractivity contribution in [2.24, 2.45) is 9.98 Å². The van der Waals surface area contributed by atoms with Crippen molar-refractivity contribution in [3.05, 3.63) is 44.8 Å². The summed E-state index contributed by atoms with van der Waals surface area (Å²) in [6.07, 6.45) is 3.62. The fourth-order valence-electron chi connectivity index (χ4n) is 1.61. The highest BCUT2D eigenvalue weighted by Crippen LogP contribution is 2.09. The van der Waals surface area contributed by atoms with E-state index >= 15 is 0 Å². The Bertz CT molecular complexity index is 486. The molecule has 0 atom stereocenters. The van der Waals surface area contributed by atoms with Crippen molar-refractivity contribution in [2.45, 2.75) is 13.1 Å². The molecular formula is C16H20N2O2S2. The van der Waals surface area contributed by atoms with Crippen molar-refractivity contribution in [3.8, 4) is 0 Å². The highest BCUT2D eigenvalue weighted by molar-refractivity contribution is 7.10. The minimum Gasteiger partial charge on any atom is -0.373 e. The van der Waals surface area contributed by atoms with Crippen LogP contribution >= 0.6 is 22.7 Å². The van der Waals surface area contributed by atoms with E-state index in [1.165, 1.54) is 9.75 Å². The summed E-state index contributed by atoms with van der Waals surface area (Å²) in [5, 5.41) is 4.12. The lowest BCUT2D eigenvalue weighted by Crippen LogP contribution is -2.07. The van der Waals surface area contributed by atoms with E-state index in [2.05, 4.69) is 32.9 Å².